The zero-order valence-electron chi connectivity index (χ0n) is 15.6. The Balaban J connectivity index is 1.73. The van der Waals surface area contributed by atoms with Crippen molar-refractivity contribution in [3.8, 4) is 5.69 Å². The van der Waals surface area contributed by atoms with Crippen LogP contribution in [0.3, 0.4) is 0 Å². The van der Waals surface area contributed by atoms with Crippen LogP contribution in [0.2, 0.25) is 5.02 Å². The second kappa shape index (κ2) is 6.46. The maximum atomic E-state index is 6.47. The van der Waals surface area contributed by atoms with Crippen molar-refractivity contribution in [2.75, 3.05) is 0 Å². The van der Waals surface area contributed by atoms with Crippen molar-refractivity contribution in [3.05, 3.63) is 88.6 Å². The SMILES string of the molecule is Cc1c(C)n(-c2ccccc2Cl)c2ncn3nc(Cc4ccccc4)nc3c12. The summed E-state index contributed by atoms with van der Waals surface area (Å²) in [7, 11) is 0. The minimum absolute atomic E-state index is 0.688. The molecule has 138 valence electrons. The number of halogens is 1. The molecule has 0 spiro atoms. The average Bonchev–Trinajstić information content (AvgIpc) is 3.22. The number of nitrogens with zero attached hydrogens (tertiary/aromatic N) is 5. The fourth-order valence-electron chi connectivity index (χ4n) is 3.69. The lowest BCUT2D eigenvalue weighted by Crippen LogP contribution is -2.00. The van der Waals surface area contributed by atoms with Crippen LogP contribution in [-0.2, 0) is 6.42 Å². The number of fused-ring (bicyclic) bond motifs is 3. The molecule has 0 aliphatic carbocycles. The summed E-state index contributed by atoms with van der Waals surface area (Å²) in [6.45, 7) is 4.18. The Kier molecular flexibility index (Phi) is 3.91. The number of para-hydroxylation sites is 1. The highest BCUT2D eigenvalue weighted by Crippen LogP contribution is 2.32. The van der Waals surface area contributed by atoms with Crippen molar-refractivity contribution in [1.82, 2.24) is 24.1 Å². The summed E-state index contributed by atoms with van der Waals surface area (Å²) in [5.41, 5.74) is 5.99. The monoisotopic (exact) mass is 387 g/mol. The molecule has 5 nitrogen and oxygen atoms in total. The minimum Gasteiger partial charge on any atom is -0.297 e. The largest absolute Gasteiger partial charge is 0.297 e. The summed E-state index contributed by atoms with van der Waals surface area (Å²) >= 11 is 6.47. The van der Waals surface area contributed by atoms with E-state index in [1.54, 1.807) is 10.8 Å². The third-order valence-electron chi connectivity index (χ3n) is 5.18. The van der Waals surface area contributed by atoms with Gasteiger partial charge in [-0.3, -0.25) is 4.57 Å². The second-order valence-electron chi connectivity index (χ2n) is 6.90. The molecule has 0 amide bonds. The van der Waals surface area contributed by atoms with Gasteiger partial charge >= 0.3 is 0 Å². The molecule has 0 N–H and O–H groups in total. The van der Waals surface area contributed by atoms with Gasteiger partial charge in [-0.05, 0) is 37.1 Å². The number of aromatic nitrogens is 5. The maximum Gasteiger partial charge on any atom is 0.168 e. The minimum atomic E-state index is 0.688. The third-order valence-corrected chi connectivity index (χ3v) is 5.49. The Morgan fingerprint density at radius 1 is 0.929 bits per heavy atom. The van der Waals surface area contributed by atoms with Gasteiger partial charge in [0.1, 0.15) is 6.33 Å². The predicted molar refractivity (Wildman–Crippen MR) is 111 cm³/mol. The summed E-state index contributed by atoms with van der Waals surface area (Å²) in [6, 6.07) is 18.1. The van der Waals surface area contributed by atoms with Gasteiger partial charge in [-0.2, -0.15) is 0 Å². The van der Waals surface area contributed by atoms with E-state index in [-0.39, 0.29) is 0 Å². The lowest BCUT2D eigenvalue weighted by molar-refractivity contribution is 0.879. The standard InChI is InChI=1S/C22H18ClN5/c1-14-15(2)28(18-11-7-6-10-17(18)23)21-20(14)22-25-19(26-27(22)13-24-21)12-16-8-4-3-5-9-16/h3-11,13H,12H2,1-2H3. The molecule has 2 aromatic carbocycles. The molecule has 3 aromatic heterocycles. The molecule has 0 atom stereocenters. The molecule has 5 rings (SSSR count). The van der Waals surface area contributed by atoms with Crippen molar-refractivity contribution in [2.45, 2.75) is 20.3 Å². The van der Waals surface area contributed by atoms with Crippen molar-refractivity contribution in [3.63, 3.8) is 0 Å². The Morgan fingerprint density at radius 2 is 1.68 bits per heavy atom. The van der Waals surface area contributed by atoms with Crippen LogP contribution in [0.25, 0.3) is 22.4 Å². The van der Waals surface area contributed by atoms with Crippen LogP contribution < -0.4 is 0 Å². The van der Waals surface area contributed by atoms with Crippen LogP contribution in [0, 0.1) is 13.8 Å². The van der Waals surface area contributed by atoms with Crippen molar-refractivity contribution in [1.29, 1.82) is 0 Å². The van der Waals surface area contributed by atoms with E-state index in [2.05, 4.69) is 35.6 Å². The quantitative estimate of drug-likeness (QED) is 0.441. The Labute approximate surface area is 167 Å². The molecule has 0 unspecified atom stereocenters. The van der Waals surface area contributed by atoms with Gasteiger partial charge in [0, 0.05) is 12.1 Å². The molecule has 0 radical (unpaired) electrons. The Morgan fingerprint density at radius 3 is 2.46 bits per heavy atom. The van der Waals surface area contributed by atoms with Crippen LogP contribution >= 0.6 is 11.6 Å². The van der Waals surface area contributed by atoms with E-state index in [1.807, 2.05) is 42.5 Å². The van der Waals surface area contributed by atoms with Gasteiger partial charge in [-0.1, -0.05) is 54.1 Å². The van der Waals surface area contributed by atoms with Gasteiger partial charge < -0.3 is 0 Å². The van der Waals surface area contributed by atoms with E-state index in [0.717, 1.165) is 39.4 Å². The molecule has 0 saturated heterocycles. The zero-order chi connectivity index (χ0) is 19.3. The number of benzene rings is 2. The average molecular weight is 388 g/mol. The first-order chi connectivity index (χ1) is 13.6. The number of hydrogen-bond acceptors (Lipinski definition) is 3. The molecule has 28 heavy (non-hydrogen) atoms. The van der Waals surface area contributed by atoms with Gasteiger partial charge in [0.05, 0.1) is 16.1 Å². The predicted octanol–water partition coefficient (Wildman–Crippen LogP) is 4.93. The molecule has 3 heterocycles. The highest BCUT2D eigenvalue weighted by Gasteiger charge is 2.19. The first-order valence-electron chi connectivity index (χ1n) is 9.14. The summed E-state index contributed by atoms with van der Waals surface area (Å²) < 4.78 is 3.86. The molecule has 0 bridgehead atoms. The zero-order valence-corrected chi connectivity index (χ0v) is 16.4. The Hall–Kier alpha value is -3.18. The van der Waals surface area contributed by atoms with Crippen LogP contribution in [0.4, 0.5) is 0 Å². The van der Waals surface area contributed by atoms with E-state index in [1.165, 1.54) is 5.56 Å². The fourth-order valence-corrected chi connectivity index (χ4v) is 3.91. The normalized spacial score (nSPS) is 11.5. The first kappa shape index (κ1) is 17.0. The van der Waals surface area contributed by atoms with Gasteiger partial charge in [0.2, 0.25) is 0 Å². The molecule has 0 aliphatic rings. The summed E-state index contributed by atoms with van der Waals surface area (Å²) in [5.74, 6) is 0.781. The topological polar surface area (TPSA) is 48.0 Å². The highest BCUT2D eigenvalue weighted by atomic mass is 35.5. The summed E-state index contributed by atoms with van der Waals surface area (Å²) in [5, 5.41) is 6.33. The fraction of sp³-hybridized carbons (Fsp3) is 0.136. The van der Waals surface area contributed by atoms with Crippen LogP contribution in [0.5, 0.6) is 0 Å². The van der Waals surface area contributed by atoms with Gasteiger partial charge in [-0.25, -0.2) is 14.5 Å². The second-order valence-corrected chi connectivity index (χ2v) is 7.31. The molecule has 0 fully saturated rings. The molecule has 0 saturated carbocycles. The smallest absolute Gasteiger partial charge is 0.168 e. The number of aryl methyl sites for hydroxylation is 1. The maximum absolute atomic E-state index is 6.47. The lowest BCUT2D eigenvalue weighted by atomic mass is 10.1. The van der Waals surface area contributed by atoms with E-state index < -0.39 is 0 Å². The van der Waals surface area contributed by atoms with Crippen LogP contribution in [0.1, 0.15) is 22.6 Å². The van der Waals surface area contributed by atoms with E-state index >= 15 is 0 Å². The highest BCUT2D eigenvalue weighted by molar-refractivity contribution is 6.32. The molecule has 6 heteroatoms. The van der Waals surface area contributed by atoms with Crippen molar-refractivity contribution >= 4 is 28.3 Å². The lowest BCUT2D eigenvalue weighted by Gasteiger charge is -2.09. The van der Waals surface area contributed by atoms with Crippen molar-refractivity contribution in [2.24, 2.45) is 0 Å². The molecule has 5 aromatic rings. The summed E-state index contributed by atoms with van der Waals surface area (Å²) in [4.78, 5) is 9.53. The van der Waals surface area contributed by atoms with Gasteiger partial charge in [0.15, 0.2) is 17.1 Å². The van der Waals surface area contributed by atoms with Crippen molar-refractivity contribution < 1.29 is 0 Å². The Bertz CT molecular complexity index is 1320. The first-order valence-corrected chi connectivity index (χ1v) is 9.52. The van der Waals surface area contributed by atoms with E-state index in [9.17, 15) is 0 Å². The number of rotatable bonds is 3. The molecular formula is C22H18ClN5. The van der Waals surface area contributed by atoms with E-state index in [0.29, 0.717) is 11.4 Å². The summed E-state index contributed by atoms with van der Waals surface area (Å²) in [6.07, 6.45) is 2.42. The van der Waals surface area contributed by atoms with Crippen LogP contribution in [-0.4, -0.2) is 24.1 Å². The third kappa shape index (κ3) is 2.59. The van der Waals surface area contributed by atoms with E-state index in [4.69, 9.17) is 21.6 Å². The van der Waals surface area contributed by atoms with Crippen LogP contribution in [0.15, 0.2) is 60.9 Å². The number of hydrogen-bond donors (Lipinski definition) is 0. The molecular weight excluding hydrogens is 370 g/mol. The molecule has 0 aliphatic heterocycles. The van der Waals surface area contributed by atoms with Gasteiger partial charge in [-0.15, -0.1) is 5.10 Å². The van der Waals surface area contributed by atoms with Gasteiger partial charge in [0.25, 0.3) is 0 Å².